The Morgan fingerprint density at radius 1 is 1.14 bits per heavy atom. The van der Waals surface area contributed by atoms with Crippen molar-refractivity contribution in [1.82, 2.24) is 15.2 Å². The summed E-state index contributed by atoms with van der Waals surface area (Å²) in [5, 5.41) is 8.69. The van der Waals surface area contributed by atoms with E-state index in [4.69, 9.17) is 0 Å². The van der Waals surface area contributed by atoms with Crippen molar-refractivity contribution in [3.05, 3.63) is 66.5 Å². The molecule has 1 N–H and O–H groups in total. The highest BCUT2D eigenvalue weighted by molar-refractivity contribution is 5.96. The van der Waals surface area contributed by atoms with E-state index in [-0.39, 0.29) is 1.43 Å². The summed E-state index contributed by atoms with van der Waals surface area (Å²) in [6, 6.07) is 10.3. The molecule has 108 valence electrons. The first-order valence-corrected chi connectivity index (χ1v) is 7.68. The monoisotopic (exact) mass is 287 g/mol. The number of para-hydroxylation sites is 1. The third kappa shape index (κ3) is 1.69. The van der Waals surface area contributed by atoms with Crippen LogP contribution in [-0.2, 0) is 0 Å². The number of rotatable bonds is 2. The lowest BCUT2D eigenvalue weighted by molar-refractivity contribution is 0.999. The van der Waals surface area contributed by atoms with Gasteiger partial charge in [0, 0.05) is 24.1 Å². The van der Waals surface area contributed by atoms with E-state index in [9.17, 15) is 0 Å². The van der Waals surface area contributed by atoms with Crippen molar-refractivity contribution in [3.8, 4) is 11.3 Å². The van der Waals surface area contributed by atoms with Gasteiger partial charge >= 0.3 is 0 Å². The zero-order valence-corrected chi connectivity index (χ0v) is 12.0. The van der Waals surface area contributed by atoms with E-state index >= 15 is 0 Å². The lowest BCUT2D eigenvalue weighted by Gasteiger charge is -2.11. The van der Waals surface area contributed by atoms with Crippen molar-refractivity contribution >= 4 is 16.5 Å². The summed E-state index contributed by atoms with van der Waals surface area (Å²) in [6.07, 6.45) is 11.8. The highest BCUT2D eigenvalue weighted by atomic mass is 15.1. The van der Waals surface area contributed by atoms with Crippen molar-refractivity contribution in [1.29, 1.82) is 0 Å². The van der Waals surface area contributed by atoms with Gasteiger partial charge in [0.25, 0.3) is 0 Å². The number of aromatic amines is 1. The van der Waals surface area contributed by atoms with Gasteiger partial charge in [0.05, 0.1) is 17.4 Å². The van der Waals surface area contributed by atoms with Crippen LogP contribution in [0.1, 0.15) is 13.4 Å². The molecule has 3 aromatic rings. The Morgan fingerprint density at radius 3 is 3.09 bits per heavy atom. The van der Waals surface area contributed by atoms with E-state index in [1.54, 1.807) is 0 Å². The van der Waals surface area contributed by atoms with E-state index in [0.29, 0.717) is 5.92 Å². The quantitative estimate of drug-likeness (QED) is 0.756. The molecule has 1 fully saturated rings. The first kappa shape index (κ1) is 11.9. The number of H-pyrrole nitrogens is 1. The normalized spacial score (nSPS) is 22.5. The Morgan fingerprint density at radius 2 is 2.09 bits per heavy atom. The number of allylic oxidation sites excluding steroid dienone is 4. The SMILES string of the molecule is C1=CC2CC2C(c2cn[nH]c2-c2ccnc3ccccc23)=C1.[HH]. The molecule has 2 unspecified atom stereocenters. The molecule has 0 radical (unpaired) electrons. The van der Waals surface area contributed by atoms with Crippen LogP contribution in [0.3, 0.4) is 0 Å². The average Bonchev–Trinajstić information content (AvgIpc) is 3.22. The topological polar surface area (TPSA) is 41.6 Å². The third-order valence-electron chi connectivity index (χ3n) is 4.74. The van der Waals surface area contributed by atoms with Crippen LogP contribution in [0.25, 0.3) is 27.7 Å². The minimum absolute atomic E-state index is 0. The van der Waals surface area contributed by atoms with Crippen LogP contribution in [0.2, 0.25) is 0 Å². The summed E-state index contributed by atoms with van der Waals surface area (Å²) in [6.45, 7) is 0. The zero-order valence-electron chi connectivity index (χ0n) is 12.0. The smallest absolute Gasteiger partial charge is 0.0732 e. The molecule has 2 atom stereocenters. The van der Waals surface area contributed by atoms with Gasteiger partial charge in [0.15, 0.2) is 0 Å². The Labute approximate surface area is 129 Å². The molecular weight excluding hydrogens is 270 g/mol. The van der Waals surface area contributed by atoms with Crippen LogP contribution < -0.4 is 0 Å². The molecule has 2 aliphatic carbocycles. The van der Waals surface area contributed by atoms with E-state index in [2.05, 4.69) is 57.7 Å². The Kier molecular flexibility index (Phi) is 2.39. The Balaban J connectivity index is 0.00000135. The van der Waals surface area contributed by atoms with Gasteiger partial charge in [0.2, 0.25) is 0 Å². The standard InChI is InChI=1S/C19H15N3.H2/c1-2-7-18-14(5-1)15(8-9-20-18)19-17(11-21-22-19)13-6-3-4-12-10-16(12)13;/h1-9,11-12,16H,10H2,(H,21,22);1H. The molecule has 1 aromatic carbocycles. The number of nitrogens with zero attached hydrogens (tertiary/aromatic N) is 2. The van der Waals surface area contributed by atoms with Crippen LogP contribution in [0.4, 0.5) is 0 Å². The molecule has 0 aliphatic heterocycles. The van der Waals surface area contributed by atoms with Crippen LogP contribution in [0, 0.1) is 11.8 Å². The molecule has 2 aromatic heterocycles. The molecule has 22 heavy (non-hydrogen) atoms. The van der Waals surface area contributed by atoms with Gasteiger partial charge in [-0.3, -0.25) is 10.1 Å². The predicted molar refractivity (Wildman–Crippen MR) is 90.2 cm³/mol. The number of nitrogens with one attached hydrogen (secondary N) is 1. The van der Waals surface area contributed by atoms with Gasteiger partial charge in [0.1, 0.15) is 0 Å². The summed E-state index contributed by atoms with van der Waals surface area (Å²) in [5.41, 5.74) is 5.93. The van der Waals surface area contributed by atoms with E-state index in [1.165, 1.54) is 23.1 Å². The maximum atomic E-state index is 4.46. The highest BCUT2D eigenvalue weighted by Crippen LogP contribution is 2.52. The molecule has 5 rings (SSSR count). The number of aromatic nitrogens is 3. The Hall–Kier alpha value is -2.68. The molecule has 0 spiro atoms. The van der Waals surface area contributed by atoms with Gasteiger partial charge in [-0.2, -0.15) is 5.10 Å². The molecule has 1 saturated carbocycles. The third-order valence-corrected chi connectivity index (χ3v) is 4.74. The second-order valence-corrected chi connectivity index (χ2v) is 6.05. The van der Waals surface area contributed by atoms with Crippen LogP contribution in [-0.4, -0.2) is 15.2 Å². The second-order valence-electron chi connectivity index (χ2n) is 6.05. The number of benzene rings is 1. The van der Waals surface area contributed by atoms with E-state index in [1.807, 2.05) is 18.5 Å². The highest BCUT2D eigenvalue weighted by Gasteiger charge is 2.40. The lowest BCUT2D eigenvalue weighted by Crippen LogP contribution is -1.94. The summed E-state index contributed by atoms with van der Waals surface area (Å²) < 4.78 is 0. The maximum absolute atomic E-state index is 4.46. The molecule has 3 nitrogen and oxygen atoms in total. The predicted octanol–water partition coefficient (Wildman–Crippen LogP) is 4.46. The number of hydrogen-bond donors (Lipinski definition) is 1. The van der Waals surface area contributed by atoms with Gasteiger partial charge in [-0.25, -0.2) is 0 Å². The molecule has 0 amide bonds. The van der Waals surface area contributed by atoms with Gasteiger partial charge in [-0.15, -0.1) is 0 Å². The average molecular weight is 287 g/mol. The van der Waals surface area contributed by atoms with Crippen LogP contribution in [0.15, 0.2) is 61.0 Å². The largest absolute Gasteiger partial charge is 0.277 e. The minimum Gasteiger partial charge on any atom is -0.277 e. The molecule has 0 saturated heterocycles. The fourth-order valence-corrected chi connectivity index (χ4v) is 3.52. The Bertz CT molecular complexity index is 933. The fourth-order valence-electron chi connectivity index (χ4n) is 3.52. The summed E-state index contributed by atoms with van der Waals surface area (Å²) >= 11 is 0. The van der Waals surface area contributed by atoms with Crippen molar-refractivity contribution in [2.24, 2.45) is 11.8 Å². The number of hydrogen-bond acceptors (Lipinski definition) is 2. The lowest BCUT2D eigenvalue weighted by atomic mass is 9.94. The summed E-state index contributed by atoms with van der Waals surface area (Å²) in [5.74, 6) is 1.41. The van der Waals surface area contributed by atoms with Crippen molar-refractivity contribution in [2.75, 3.05) is 0 Å². The first-order valence-electron chi connectivity index (χ1n) is 7.68. The van der Waals surface area contributed by atoms with Crippen LogP contribution >= 0.6 is 0 Å². The van der Waals surface area contributed by atoms with Gasteiger partial charge < -0.3 is 0 Å². The maximum Gasteiger partial charge on any atom is 0.0732 e. The second kappa shape index (κ2) is 4.41. The summed E-state index contributed by atoms with van der Waals surface area (Å²) in [7, 11) is 0. The molecule has 3 heteroatoms. The number of fused-ring (bicyclic) bond motifs is 2. The summed E-state index contributed by atoms with van der Waals surface area (Å²) in [4.78, 5) is 4.46. The van der Waals surface area contributed by atoms with Crippen LogP contribution in [0.5, 0.6) is 0 Å². The zero-order chi connectivity index (χ0) is 14.5. The molecular formula is C19H17N3. The van der Waals surface area contributed by atoms with Gasteiger partial charge in [-0.05, 0) is 36.0 Å². The van der Waals surface area contributed by atoms with Crippen molar-refractivity contribution < 1.29 is 1.43 Å². The van der Waals surface area contributed by atoms with E-state index < -0.39 is 0 Å². The first-order chi connectivity index (χ1) is 10.9. The number of pyridine rings is 1. The molecule has 2 heterocycles. The van der Waals surface area contributed by atoms with Crippen molar-refractivity contribution in [3.63, 3.8) is 0 Å². The minimum atomic E-state index is 0. The molecule has 2 aliphatic rings. The van der Waals surface area contributed by atoms with Crippen molar-refractivity contribution in [2.45, 2.75) is 6.42 Å². The fraction of sp³-hybridized carbons (Fsp3) is 0.158. The van der Waals surface area contributed by atoms with Gasteiger partial charge in [-0.1, -0.05) is 36.4 Å². The van der Waals surface area contributed by atoms with E-state index in [0.717, 1.165) is 22.5 Å². The molecule has 0 bridgehead atoms.